The minimum absolute atomic E-state index is 0.129. The number of carboxylic acids is 1. The molecule has 0 spiro atoms. The van der Waals surface area contributed by atoms with Gasteiger partial charge >= 0.3 is 5.97 Å². The molecule has 1 aliphatic heterocycles. The summed E-state index contributed by atoms with van der Waals surface area (Å²) in [6.45, 7) is 6.25. The van der Waals surface area contributed by atoms with Crippen LogP contribution >= 0.6 is 0 Å². The molecule has 1 saturated heterocycles. The Hall–Kier alpha value is -2.23. The molecule has 0 bridgehead atoms. The molecule has 0 amide bonds. The highest BCUT2D eigenvalue weighted by Crippen LogP contribution is 2.21. The van der Waals surface area contributed by atoms with Crippen LogP contribution in [0.2, 0.25) is 0 Å². The van der Waals surface area contributed by atoms with Crippen LogP contribution in [0.3, 0.4) is 0 Å². The van der Waals surface area contributed by atoms with E-state index in [1.165, 1.54) is 4.31 Å². The van der Waals surface area contributed by atoms with Crippen molar-refractivity contribution in [1.82, 2.24) is 14.2 Å². The molecule has 3 rings (SSSR count). The van der Waals surface area contributed by atoms with Crippen LogP contribution in [0.25, 0.3) is 0 Å². The Balaban J connectivity index is 1.61. The van der Waals surface area contributed by atoms with Crippen molar-refractivity contribution in [2.75, 3.05) is 26.2 Å². The fourth-order valence-electron chi connectivity index (χ4n) is 2.97. The lowest BCUT2D eigenvalue weighted by molar-refractivity contribution is 0.0690. The zero-order valence-electron chi connectivity index (χ0n) is 15.3. The lowest BCUT2D eigenvalue weighted by Crippen LogP contribution is -2.48. The van der Waals surface area contributed by atoms with E-state index in [9.17, 15) is 13.2 Å². The summed E-state index contributed by atoms with van der Waals surface area (Å²) < 4.78 is 32.3. The molecule has 27 heavy (non-hydrogen) atoms. The van der Waals surface area contributed by atoms with Gasteiger partial charge in [0.25, 0.3) is 0 Å². The Morgan fingerprint density at radius 2 is 1.81 bits per heavy atom. The number of sulfonamides is 1. The monoisotopic (exact) mass is 393 g/mol. The van der Waals surface area contributed by atoms with E-state index < -0.39 is 16.0 Å². The van der Waals surface area contributed by atoms with Crippen molar-refractivity contribution in [2.45, 2.75) is 31.2 Å². The standard InChI is InChI=1S/C18H23N3O5S/c1-13(2)14-3-5-15(6-4-14)27(24,25)21-9-7-20(8-10-21)11-17-19-16(12-26-17)18(22)23/h3-6,12-13H,7-11H2,1-2H3,(H,22,23). The van der Waals surface area contributed by atoms with E-state index in [1.807, 2.05) is 17.0 Å². The van der Waals surface area contributed by atoms with Gasteiger partial charge in [0.05, 0.1) is 11.4 Å². The van der Waals surface area contributed by atoms with Crippen LogP contribution in [0.1, 0.15) is 41.7 Å². The van der Waals surface area contributed by atoms with E-state index in [-0.39, 0.29) is 5.69 Å². The van der Waals surface area contributed by atoms with Crippen molar-refractivity contribution in [1.29, 1.82) is 0 Å². The minimum atomic E-state index is -3.52. The van der Waals surface area contributed by atoms with Gasteiger partial charge in [0, 0.05) is 26.2 Å². The summed E-state index contributed by atoms with van der Waals surface area (Å²) in [5.74, 6) is -0.473. The van der Waals surface area contributed by atoms with Crippen LogP contribution in [-0.2, 0) is 16.6 Å². The van der Waals surface area contributed by atoms with Crippen LogP contribution in [-0.4, -0.2) is 59.9 Å². The maximum atomic E-state index is 12.8. The summed E-state index contributed by atoms with van der Waals surface area (Å²) in [5.41, 5.74) is 0.974. The predicted molar refractivity (Wildman–Crippen MR) is 98.0 cm³/mol. The van der Waals surface area contributed by atoms with Gasteiger partial charge in [-0.2, -0.15) is 4.31 Å². The molecule has 2 aromatic rings. The number of benzene rings is 1. The lowest BCUT2D eigenvalue weighted by atomic mass is 10.0. The van der Waals surface area contributed by atoms with E-state index >= 15 is 0 Å². The van der Waals surface area contributed by atoms with Gasteiger partial charge in [-0.1, -0.05) is 26.0 Å². The second-order valence-corrected chi connectivity index (χ2v) is 8.77. The number of oxazole rings is 1. The fraction of sp³-hybridized carbons (Fsp3) is 0.444. The summed E-state index contributed by atoms with van der Waals surface area (Å²) in [4.78, 5) is 17.0. The van der Waals surface area contributed by atoms with Crippen molar-refractivity contribution in [3.05, 3.63) is 47.7 Å². The van der Waals surface area contributed by atoms with Gasteiger partial charge in [0.1, 0.15) is 6.26 Å². The summed E-state index contributed by atoms with van der Waals surface area (Å²) in [6, 6.07) is 7.04. The maximum Gasteiger partial charge on any atom is 0.357 e. The Bertz CT molecular complexity index is 897. The first-order chi connectivity index (χ1) is 12.8. The van der Waals surface area contributed by atoms with Gasteiger partial charge in [-0.05, 0) is 23.6 Å². The van der Waals surface area contributed by atoms with Crippen molar-refractivity contribution in [3.63, 3.8) is 0 Å². The molecular formula is C18H23N3O5S. The number of hydrogen-bond acceptors (Lipinski definition) is 6. The first-order valence-electron chi connectivity index (χ1n) is 8.77. The van der Waals surface area contributed by atoms with Crippen molar-refractivity contribution < 1.29 is 22.7 Å². The molecule has 1 aromatic heterocycles. The van der Waals surface area contributed by atoms with E-state index in [4.69, 9.17) is 9.52 Å². The quantitative estimate of drug-likeness (QED) is 0.800. The molecule has 0 saturated carbocycles. The van der Waals surface area contributed by atoms with E-state index in [0.29, 0.717) is 49.4 Å². The second-order valence-electron chi connectivity index (χ2n) is 6.84. The predicted octanol–water partition coefficient (Wildman–Crippen LogP) is 2.00. The van der Waals surface area contributed by atoms with Gasteiger partial charge in [0.2, 0.25) is 15.9 Å². The maximum absolute atomic E-state index is 12.8. The zero-order chi connectivity index (χ0) is 19.6. The van der Waals surface area contributed by atoms with Crippen molar-refractivity contribution in [3.8, 4) is 0 Å². The summed E-state index contributed by atoms with van der Waals surface area (Å²) in [5, 5.41) is 8.87. The SMILES string of the molecule is CC(C)c1ccc(S(=O)(=O)N2CCN(Cc3nc(C(=O)O)co3)CC2)cc1. The van der Waals surface area contributed by atoms with Crippen LogP contribution in [0, 0.1) is 0 Å². The summed E-state index contributed by atoms with van der Waals surface area (Å²) in [7, 11) is -3.52. The number of aromatic nitrogens is 1. The van der Waals surface area contributed by atoms with E-state index in [2.05, 4.69) is 18.8 Å². The van der Waals surface area contributed by atoms with Crippen molar-refractivity contribution >= 4 is 16.0 Å². The number of nitrogens with zero attached hydrogens (tertiary/aromatic N) is 3. The van der Waals surface area contributed by atoms with Gasteiger partial charge in [-0.15, -0.1) is 0 Å². The minimum Gasteiger partial charge on any atom is -0.476 e. The Labute approximate surface area is 158 Å². The molecular weight excluding hydrogens is 370 g/mol. The first-order valence-corrected chi connectivity index (χ1v) is 10.2. The Morgan fingerprint density at radius 3 is 2.33 bits per heavy atom. The molecule has 146 valence electrons. The second kappa shape index (κ2) is 7.79. The molecule has 1 aromatic carbocycles. The molecule has 1 fully saturated rings. The van der Waals surface area contributed by atoms with Crippen LogP contribution in [0.4, 0.5) is 0 Å². The topological polar surface area (TPSA) is 104 Å². The Morgan fingerprint density at radius 1 is 1.19 bits per heavy atom. The third-order valence-electron chi connectivity index (χ3n) is 4.65. The van der Waals surface area contributed by atoms with Crippen LogP contribution in [0.15, 0.2) is 39.8 Å². The highest BCUT2D eigenvalue weighted by molar-refractivity contribution is 7.89. The fourth-order valence-corrected chi connectivity index (χ4v) is 4.40. The number of aromatic carboxylic acids is 1. The average molecular weight is 393 g/mol. The largest absolute Gasteiger partial charge is 0.476 e. The number of carbonyl (C=O) groups is 1. The number of hydrogen-bond donors (Lipinski definition) is 1. The van der Waals surface area contributed by atoms with Crippen molar-refractivity contribution in [2.24, 2.45) is 0 Å². The lowest BCUT2D eigenvalue weighted by Gasteiger charge is -2.33. The number of piperazine rings is 1. The first kappa shape index (κ1) is 19.5. The van der Waals surface area contributed by atoms with E-state index in [1.54, 1.807) is 12.1 Å². The molecule has 0 atom stereocenters. The highest BCUT2D eigenvalue weighted by atomic mass is 32.2. The van der Waals surface area contributed by atoms with E-state index in [0.717, 1.165) is 11.8 Å². The third-order valence-corrected chi connectivity index (χ3v) is 6.56. The molecule has 8 nitrogen and oxygen atoms in total. The van der Waals surface area contributed by atoms with Gasteiger partial charge in [0.15, 0.2) is 5.69 Å². The number of rotatable bonds is 6. The smallest absolute Gasteiger partial charge is 0.357 e. The molecule has 0 aliphatic carbocycles. The molecule has 1 N–H and O–H groups in total. The highest BCUT2D eigenvalue weighted by Gasteiger charge is 2.29. The van der Waals surface area contributed by atoms with Crippen LogP contribution in [0.5, 0.6) is 0 Å². The van der Waals surface area contributed by atoms with Gasteiger partial charge < -0.3 is 9.52 Å². The molecule has 0 unspecified atom stereocenters. The van der Waals surface area contributed by atoms with Gasteiger partial charge in [-0.25, -0.2) is 18.2 Å². The molecule has 2 heterocycles. The van der Waals surface area contributed by atoms with Gasteiger partial charge in [-0.3, -0.25) is 4.90 Å². The third kappa shape index (κ3) is 4.37. The summed E-state index contributed by atoms with van der Waals surface area (Å²) in [6.07, 6.45) is 1.11. The zero-order valence-corrected chi connectivity index (χ0v) is 16.1. The molecule has 1 aliphatic rings. The Kier molecular flexibility index (Phi) is 5.64. The molecule has 9 heteroatoms. The average Bonchev–Trinajstić information content (AvgIpc) is 3.11. The number of carboxylic acid groups (broad SMARTS) is 1. The molecule has 0 radical (unpaired) electrons. The summed E-state index contributed by atoms with van der Waals surface area (Å²) >= 11 is 0. The normalized spacial score (nSPS) is 16.7. The van der Waals surface area contributed by atoms with Crippen LogP contribution < -0.4 is 0 Å².